The molecular weight excluding hydrogens is 640 g/mol. The first kappa shape index (κ1) is 34.2. The number of hydrogen-bond acceptors (Lipinski definition) is 7. The molecule has 9 nitrogen and oxygen atoms in total. The predicted octanol–water partition coefficient (Wildman–Crippen LogP) is 8.97. The van der Waals surface area contributed by atoms with Gasteiger partial charge in [0.2, 0.25) is 11.7 Å². The van der Waals surface area contributed by atoms with E-state index in [9.17, 15) is 9.59 Å². The SMILES string of the molecule is Cc1ccc(-c2noc(Cc3cc4c(OCCC5CCCCN5C(=O)OC(C)(C)C)c(-c5cc(C)cc(C)c5)c(=O)[nH]c4cc3Cl)n2)cc1. The minimum Gasteiger partial charge on any atom is -0.492 e. The number of likely N-dealkylation sites (tertiary alicyclic amines) is 1. The first-order valence-electron chi connectivity index (χ1n) is 16.8. The Morgan fingerprint density at radius 2 is 1.73 bits per heavy atom. The van der Waals surface area contributed by atoms with Crippen molar-refractivity contribution in [3.8, 4) is 28.3 Å². The molecule has 1 aliphatic rings. The predicted molar refractivity (Wildman–Crippen MR) is 192 cm³/mol. The molecule has 5 aromatic rings. The molecule has 0 saturated carbocycles. The third kappa shape index (κ3) is 7.99. The van der Waals surface area contributed by atoms with E-state index in [2.05, 4.69) is 21.2 Å². The molecule has 256 valence electrons. The standard InChI is InChI=1S/C39H43ClN4O5/c1-23-10-12-26(13-11-23)36-42-33(49-43-36)21-27-20-30-32(22-31(27)40)41-37(45)34(28-18-24(2)17-25(3)19-28)35(30)47-16-14-29-9-7-8-15-44(29)38(46)48-39(4,5)6/h10-13,17-20,22,29H,7-9,14-16,21H2,1-6H3,(H,41,45). The van der Waals surface area contributed by atoms with Crippen molar-refractivity contribution < 1.29 is 18.8 Å². The van der Waals surface area contributed by atoms with Crippen LogP contribution in [0.3, 0.4) is 0 Å². The molecule has 1 saturated heterocycles. The van der Waals surface area contributed by atoms with E-state index in [4.69, 9.17) is 25.6 Å². The van der Waals surface area contributed by atoms with Crippen molar-refractivity contribution in [2.24, 2.45) is 0 Å². The number of nitrogens with one attached hydrogen (secondary N) is 1. The van der Waals surface area contributed by atoms with Crippen molar-refractivity contribution in [1.82, 2.24) is 20.0 Å². The lowest BCUT2D eigenvalue weighted by atomic mass is 9.98. The van der Waals surface area contributed by atoms with Crippen molar-refractivity contribution in [2.45, 2.75) is 85.3 Å². The van der Waals surface area contributed by atoms with E-state index in [-0.39, 0.29) is 24.1 Å². The molecule has 10 heteroatoms. The summed E-state index contributed by atoms with van der Waals surface area (Å²) in [4.78, 5) is 36.4. The fraction of sp³-hybridized carbons (Fsp3) is 0.385. The summed E-state index contributed by atoms with van der Waals surface area (Å²) in [7, 11) is 0. The van der Waals surface area contributed by atoms with Crippen molar-refractivity contribution in [3.63, 3.8) is 0 Å². The van der Waals surface area contributed by atoms with Gasteiger partial charge in [0.05, 0.1) is 24.1 Å². The lowest BCUT2D eigenvalue weighted by Crippen LogP contribution is -2.46. The molecule has 1 N–H and O–H groups in total. The minimum absolute atomic E-state index is 0.0354. The fourth-order valence-electron chi connectivity index (χ4n) is 6.47. The summed E-state index contributed by atoms with van der Waals surface area (Å²) >= 11 is 6.79. The maximum Gasteiger partial charge on any atom is 0.410 e. The molecule has 1 fully saturated rings. The van der Waals surface area contributed by atoms with E-state index in [1.807, 2.05) is 88.9 Å². The van der Waals surface area contributed by atoms with E-state index >= 15 is 0 Å². The van der Waals surface area contributed by atoms with Gasteiger partial charge in [0.1, 0.15) is 11.4 Å². The van der Waals surface area contributed by atoms with Crippen molar-refractivity contribution in [3.05, 3.63) is 98.1 Å². The van der Waals surface area contributed by atoms with E-state index in [1.165, 1.54) is 0 Å². The normalized spacial score (nSPS) is 15.1. The number of fused-ring (bicyclic) bond motifs is 1. The maximum absolute atomic E-state index is 13.8. The Balaban J connectivity index is 1.35. The molecule has 1 atom stereocenters. The Morgan fingerprint density at radius 3 is 2.45 bits per heavy atom. The molecule has 3 heterocycles. The lowest BCUT2D eigenvalue weighted by molar-refractivity contribution is 0.00745. The van der Waals surface area contributed by atoms with E-state index < -0.39 is 5.60 Å². The molecule has 3 aromatic carbocycles. The molecule has 6 rings (SSSR count). The fourth-order valence-corrected chi connectivity index (χ4v) is 6.70. The number of aromatic nitrogens is 3. The topological polar surface area (TPSA) is 111 Å². The number of rotatable bonds is 8. The van der Waals surface area contributed by atoms with Gasteiger partial charge >= 0.3 is 6.09 Å². The van der Waals surface area contributed by atoms with Gasteiger partial charge in [-0.05, 0) is 84.1 Å². The van der Waals surface area contributed by atoms with Gasteiger partial charge in [-0.3, -0.25) is 4.79 Å². The highest BCUT2D eigenvalue weighted by Gasteiger charge is 2.30. The van der Waals surface area contributed by atoms with Crippen LogP contribution < -0.4 is 10.3 Å². The van der Waals surface area contributed by atoms with Crippen LogP contribution in [-0.4, -0.2) is 50.9 Å². The van der Waals surface area contributed by atoms with Gasteiger partial charge in [0, 0.05) is 35.0 Å². The summed E-state index contributed by atoms with van der Waals surface area (Å²) in [6.07, 6.45) is 3.39. The van der Waals surface area contributed by atoms with Crippen LogP contribution >= 0.6 is 11.6 Å². The first-order chi connectivity index (χ1) is 23.3. The summed E-state index contributed by atoms with van der Waals surface area (Å²) in [6, 6.07) is 17.6. The van der Waals surface area contributed by atoms with Gasteiger partial charge < -0.3 is 23.9 Å². The second-order valence-electron chi connectivity index (χ2n) is 14.0. The van der Waals surface area contributed by atoms with Gasteiger partial charge in [-0.25, -0.2) is 4.79 Å². The third-order valence-electron chi connectivity index (χ3n) is 8.72. The molecule has 1 aliphatic heterocycles. The zero-order chi connectivity index (χ0) is 34.9. The monoisotopic (exact) mass is 682 g/mol. The Bertz CT molecular complexity index is 2020. The molecule has 1 amide bonds. The average Bonchev–Trinajstić information content (AvgIpc) is 3.49. The molecule has 49 heavy (non-hydrogen) atoms. The number of halogens is 1. The van der Waals surface area contributed by atoms with Crippen molar-refractivity contribution >= 4 is 28.6 Å². The number of nitrogens with zero attached hydrogens (tertiary/aromatic N) is 3. The van der Waals surface area contributed by atoms with Crippen molar-refractivity contribution in [1.29, 1.82) is 0 Å². The minimum atomic E-state index is -0.580. The number of aromatic amines is 1. The summed E-state index contributed by atoms with van der Waals surface area (Å²) in [5, 5.41) is 5.35. The molecule has 1 unspecified atom stereocenters. The van der Waals surface area contributed by atoms with Crippen LogP contribution in [-0.2, 0) is 11.2 Å². The van der Waals surface area contributed by atoms with Gasteiger partial charge in [-0.1, -0.05) is 75.9 Å². The van der Waals surface area contributed by atoms with E-state index in [1.54, 1.807) is 6.07 Å². The second-order valence-corrected chi connectivity index (χ2v) is 14.4. The van der Waals surface area contributed by atoms with Crippen LogP contribution in [0.1, 0.15) is 74.6 Å². The Labute approximate surface area is 291 Å². The van der Waals surface area contributed by atoms with Crippen molar-refractivity contribution in [2.75, 3.05) is 13.2 Å². The average molecular weight is 683 g/mol. The highest BCUT2D eigenvalue weighted by Crippen LogP contribution is 2.37. The number of benzene rings is 3. The number of carbonyl (C=O) groups excluding carboxylic acids is 1. The Hall–Kier alpha value is -4.63. The van der Waals surface area contributed by atoms with Crippen LogP contribution in [0.5, 0.6) is 5.75 Å². The van der Waals surface area contributed by atoms with Gasteiger partial charge in [0.25, 0.3) is 5.56 Å². The van der Waals surface area contributed by atoms with Crippen LogP contribution in [0, 0.1) is 20.8 Å². The van der Waals surface area contributed by atoms with Gasteiger partial charge in [-0.15, -0.1) is 0 Å². The smallest absolute Gasteiger partial charge is 0.410 e. The number of ether oxygens (including phenoxy) is 2. The zero-order valence-corrected chi connectivity index (χ0v) is 29.7. The van der Waals surface area contributed by atoms with Crippen LogP contribution in [0.4, 0.5) is 4.79 Å². The molecule has 2 aromatic heterocycles. The number of carbonyl (C=O) groups is 1. The van der Waals surface area contributed by atoms with E-state index in [0.717, 1.165) is 52.6 Å². The number of aryl methyl sites for hydroxylation is 3. The molecular formula is C39H43ClN4O5. The number of amides is 1. The van der Waals surface area contributed by atoms with E-state index in [0.29, 0.717) is 58.5 Å². The Morgan fingerprint density at radius 1 is 1.00 bits per heavy atom. The lowest BCUT2D eigenvalue weighted by Gasteiger charge is -2.36. The maximum atomic E-state index is 13.8. The quantitative estimate of drug-likeness (QED) is 0.174. The van der Waals surface area contributed by atoms with Gasteiger partial charge in [0.15, 0.2) is 0 Å². The summed E-state index contributed by atoms with van der Waals surface area (Å²) in [5.41, 5.74) is 5.74. The molecule has 0 radical (unpaired) electrons. The molecule has 0 aliphatic carbocycles. The third-order valence-corrected chi connectivity index (χ3v) is 9.07. The van der Waals surface area contributed by atoms with Crippen LogP contribution in [0.25, 0.3) is 33.4 Å². The van der Waals surface area contributed by atoms with Gasteiger partial charge in [-0.2, -0.15) is 4.98 Å². The number of H-pyrrole nitrogens is 1. The van der Waals surface area contributed by atoms with Crippen LogP contribution in [0.2, 0.25) is 5.02 Å². The van der Waals surface area contributed by atoms with Crippen LogP contribution in [0.15, 0.2) is 63.9 Å². The summed E-state index contributed by atoms with van der Waals surface area (Å²) < 4.78 is 18.0. The summed E-state index contributed by atoms with van der Waals surface area (Å²) in [5.74, 6) is 1.38. The summed E-state index contributed by atoms with van der Waals surface area (Å²) in [6.45, 7) is 12.6. The zero-order valence-electron chi connectivity index (χ0n) is 29.0. The number of piperidine rings is 1. The Kier molecular flexibility index (Phi) is 9.84. The largest absolute Gasteiger partial charge is 0.492 e. The highest BCUT2D eigenvalue weighted by molar-refractivity contribution is 6.32. The first-order valence-corrected chi connectivity index (χ1v) is 17.2. The molecule has 0 bridgehead atoms. The second kappa shape index (κ2) is 14.1. The number of pyridine rings is 1. The highest BCUT2D eigenvalue weighted by atomic mass is 35.5. The number of hydrogen-bond donors (Lipinski definition) is 1. The molecule has 0 spiro atoms.